The maximum Gasteiger partial charge on any atom is 0.190 e. The molecule has 0 bridgehead atoms. The van der Waals surface area contributed by atoms with E-state index in [-0.39, 0.29) is 44.9 Å². The first-order valence-electron chi connectivity index (χ1n) is 10.9. The minimum atomic E-state index is -0.797. The molecule has 40 heavy (non-hydrogen) atoms. The third kappa shape index (κ3) is 7.43. The minimum Gasteiger partial charge on any atom is -0.335 e. The van der Waals surface area contributed by atoms with Crippen molar-refractivity contribution in [3.63, 3.8) is 0 Å². The molecule has 0 aliphatic rings. The molecule has 0 atom stereocenters. The quantitative estimate of drug-likeness (QED) is 0.0846. The Balaban J connectivity index is 0.000000220. The first-order chi connectivity index (χ1) is 19.1. The van der Waals surface area contributed by atoms with Gasteiger partial charge in [-0.25, -0.2) is 37.5 Å². The lowest BCUT2D eigenvalue weighted by molar-refractivity contribution is 0.589. The molecule has 2 heterocycles. The van der Waals surface area contributed by atoms with Crippen LogP contribution in [0.1, 0.15) is 11.1 Å². The maximum absolute atomic E-state index is 13.6. The van der Waals surface area contributed by atoms with Crippen molar-refractivity contribution in [1.82, 2.24) is 19.9 Å². The van der Waals surface area contributed by atoms with E-state index in [9.17, 15) is 17.6 Å². The van der Waals surface area contributed by atoms with E-state index in [4.69, 9.17) is 34.2 Å². The fraction of sp³-hybridized carbons (Fsp3) is 0.125. The van der Waals surface area contributed by atoms with Crippen molar-refractivity contribution in [3.8, 4) is 6.07 Å². The number of aromatic nitrogens is 4. The van der Waals surface area contributed by atoms with Gasteiger partial charge in [-0.15, -0.1) is 0 Å². The topological polar surface area (TPSA) is 125 Å². The van der Waals surface area contributed by atoms with Crippen molar-refractivity contribution in [2.75, 3.05) is 23.1 Å². The summed E-state index contributed by atoms with van der Waals surface area (Å²) in [6.45, 7) is 0.0475. The summed E-state index contributed by atoms with van der Waals surface area (Å²) in [4.78, 5) is 16.0. The van der Waals surface area contributed by atoms with Crippen LogP contribution in [-0.4, -0.2) is 32.4 Å². The number of nitrogens with one attached hydrogen (secondary N) is 2. The zero-order valence-corrected chi connectivity index (χ0v) is 23.7. The van der Waals surface area contributed by atoms with Crippen LogP contribution in [0.5, 0.6) is 0 Å². The van der Waals surface area contributed by atoms with Crippen LogP contribution in [0.25, 0.3) is 0 Å². The molecule has 0 radical (unpaired) electrons. The Kier molecular flexibility index (Phi) is 11.2. The number of halogens is 6. The Morgan fingerprint density at radius 3 is 1.62 bits per heavy atom. The van der Waals surface area contributed by atoms with Gasteiger partial charge >= 0.3 is 0 Å². The molecule has 0 aliphatic carbocycles. The fourth-order valence-electron chi connectivity index (χ4n) is 2.98. The number of nitrogens with zero attached hydrogens (tertiary/aromatic N) is 5. The van der Waals surface area contributed by atoms with Gasteiger partial charge in [0.2, 0.25) is 0 Å². The van der Waals surface area contributed by atoms with Crippen molar-refractivity contribution >= 4 is 69.7 Å². The number of benzene rings is 2. The van der Waals surface area contributed by atoms with Gasteiger partial charge in [-0.1, -0.05) is 58.9 Å². The first-order valence-corrected chi connectivity index (χ1v) is 14.1. The van der Waals surface area contributed by atoms with E-state index in [1.807, 2.05) is 0 Å². The molecule has 0 fully saturated rings. The first kappa shape index (κ1) is 31.2. The second-order valence-corrected chi connectivity index (χ2v) is 9.58. The van der Waals surface area contributed by atoms with Gasteiger partial charge in [0, 0.05) is 12.1 Å². The van der Waals surface area contributed by atoms with Crippen LogP contribution < -0.4 is 16.4 Å². The summed E-state index contributed by atoms with van der Waals surface area (Å²) < 4.78 is 54.5. The van der Waals surface area contributed by atoms with Crippen molar-refractivity contribution in [1.29, 1.82) is 5.26 Å². The smallest absolute Gasteiger partial charge is 0.190 e. The predicted molar refractivity (Wildman–Crippen MR) is 150 cm³/mol. The molecule has 4 rings (SSSR count). The lowest BCUT2D eigenvalue weighted by atomic mass is 10.2. The SMILES string of the molecule is CSc1nc(Cl)c(C#N)c(Nc2c(F)cccc2F)n1.CSc1nc(Cl)c(CN)c(Nc2c(F)cccc2F)n1. The number of anilines is 4. The number of nitriles is 1. The number of para-hydroxylation sites is 2. The van der Waals surface area contributed by atoms with E-state index in [1.54, 1.807) is 18.6 Å². The Bertz CT molecular complexity index is 1530. The van der Waals surface area contributed by atoms with E-state index in [2.05, 4.69) is 30.6 Å². The average molecular weight is 629 g/mol. The van der Waals surface area contributed by atoms with Gasteiger partial charge in [-0.3, -0.25) is 0 Å². The molecule has 2 aromatic carbocycles. The van der Waals surface area contributed by atoms with Gasteiger partial charge in [-0.2, -0.15) is 5.26 Å². The summed E-state index contributed by atoms with van der Waals surface area (Å²) in [5, 5.41) is 14.8. The predicted octanol–water partition coefficient (Wildman–Crippen LogP) is 7.08. The van der Waals surface area contributed by atoms with Crippen LogP contribution in [0, 0.1) is 34.6 Å². The van der Waals surface area contributed by atoms with Gasteiger partial charge in [0.05, 0.1) is 0 Å². The van der Waals surface area contributed by atoms with Crippen LogP contribution in [0.4, 0.5) is 40.6 Å². The Morgan fingerprint density at radius 1 is 0.775 bits per heavy atom. The molecule has 0 aliphatic heterocycles. The molecular formula is C24H18Cl2F4N8S2. The highest BCUT2D eigenvalue weighted by Crippen LogP contribution is 2.30. The van der Waals surface area contributed by atoms with E-state index >= 15 is 0 Å². The third-order valence-corrected chi connectivity index (χ3v) is 6.56. The fourth-order valence-corrected chi connectivity index (χ4v) is 4.27. The van der Waals surface area contributed by atoms with Gasteiger partial charge in [0.25, 0.3) is 0 Å². The third-order valence-electron chi connectivity index (χ3n) is 4.87. The van der Waals surface area contributed by atoms with E-state index < -0.39 is 29.0 Å². The highest BCUT2D eigenvalue weighted by Gasteiger charge is 2.17. The summed E-state index contributed by atoms with van der Waals surface area (Å²) in [5.41, 5.74) is 5.19. The number of hydrogen-bond acceptors (Lipinski definition) is 10. The van der Waals surface area contributed by atoms with Crippen molar-refractivity contribution < 1.29 is 17.6 Å². The second kappa shape index (κ2) is 14.3. The summed E-state index contributed by atoms with van der Waals surface area (Å²) in [6.07, 6.45) is 3.48. The number of thioether (sulfide) groups is 2. The Hall–Kier alpha value is -3.35. The van der Waals surface area contributed by atoms with Gasteiger partial charge in [0.15, 0.2) is 21.3 Å². The molecule has 0 unspecified atom stereocenters. The molecule has 16 heteroatoms. The lowest BCUT2D eigenvalue weighted by Gasteiger charge is -2.13. The molecule has 8 nitrogen and oxygen atoms in total. The van der Waals surface area contributed by atoms with Crippen molar-refractivity contribution in [2.45, 2.75) is 16.9 Å². The summed E-state index contributed by atoms with van der Waals surface area (Å²) >= 11 is 14.3. The number of nitrogens with two attached hydrogens (primary N) is 1. The average Bonchev–Trinajstić information content (AvgIpc) is 2.92. The van der Waals surface area contributed by atoms with Gasteiger partial charge in [-0.05, 0) is 36.8 Å². The van der Waals surface area contributed by atoms with Crippen molar-refractivity contribution in [3.05, 3.63) is 81.1 Å². The zero-order valence-electron chi connectivity index (χ0n) is 20.6. The summed E-state index contributed by atoms with van der Waals surface area (Å²) in [7, 11) is 0. The highest BCUT2D eigenvalue weighted by atomic mass is 35.5. The molecule has 0 spiro atoms. The van der Waals surface area contributed by atoms with Crippen LogP contribution in [0.2, 0.25) is 10.3 Å². The molecular weight excluding hydrogens is 611 g/mol. The van der Waals surface area contributed by atoms with Crippen LogP contribution >= 0.6 is 46.7 Å². The Morgan fingerprint density at radius 2 is 1.20 bits per heavy atom. The molecule has 4 aromatic rings. The molecule has 0 amide bonds. The Labute approximate surface area is 244 Å². The number of rotatable bonds is 7. The molecule has 0 saturated heterocycles. The van der Waals surface area contributed by atoms with E-state index in [0.29, 0.717) is 10.7 Å². The van der Waals surface area contributed by atoms with Crippen LogP contribution in [-0.2, 0) is 6.54 Å². The monoisotopic (exact) mass is 628 g/mol. The van der Waals surface area contributed by atoms with E-state index in [0.717, 1.165) is 24.3 Å². The highest BCUT2D eigenvalue weighted by molar-refractivity contribution is 7.98. The zero-order chi connectivity index (χ0) is 29.4. The van der Waals surface area contributed by atoms with Crippen LogP contribution in [0.15, 0.2) is 46.7 Å². The summed E-state index contributed by atoms with van der Waals surface area (Å²) in [5.74, 6) is -2.90. The standard InChI is InChI=1S/C12H11ClF2N4S.C12H7ClF2N4S/c2*1-20-12-18-10(13)6(5-16)11(19-12)17-9-7(14)3-2-4-8(9)15/h2-4H,5,16H2,1H3,(H,17,18,19);2-4H,1H3,(H,17,18,19). The van der Waals surface area contributed by atoms with Crippen molar-refractivity contribution in [2.24, 2.45) is 5.73 Å². The largest absolute Gasteiger partial charge is 0.335 e. The van der Waals surface area contributed by atoms with E-state index in [1.165, 1.54) is 35.7 Å². The maximum atomic E-state index is 13.6. The second-order valence-electron chi connectivity index (χ2n) is 7.31. The molecule has 4 N–H and O–H groups in total. The van der Waals surface area contributed by atoms with Gasteiger partial charge < -0.3 is 16.4 Å². The molecule has 0 saturated carbocycles. The number of hydrogen-bond donors (Lipinski definition) is 3. The minimum absolute atomic E-state index is 0.0409. The molecule has 208 valence electrons. The normalized spacial score (nSPS) is 10.4. The molecule has 2 aromatic heterocycles. The van der Waals surface area contributed by atoms with Gasteiger partial charge in [0.1, 0.15) is 57.2 Å². The van der Waals surface area contributed by atoms with Crippen LogP contribution in [0.3, 0.4) is 0 Å². The lowest BCUT2D eigenvalue weighted by Crippen LogP contribution is -2.09. The summed E-state index contributed by atoms with van der Waals surface area (Å²) in [6, 6.07) is 8.79.